The molecule has 14 nitrogen and oxygen atoms in total. The van der Waals surface area contributed by atoms with Crippen molar-refractivity contribution in [3.63, 3.8) is 0 Å². The Balaban J connectivity index is 2.15. The van der Waals surface area contributed by atoms with Crippen LogP contribution in [0.25, 0.3) is 0 Å². The fourth-order valence-corrected chi connectivity index (χ4v) is 8.79. The van der Waals surface area contributed by atoms with Gasteiger partial charge in [-0.3, -0.25) is 4.79 Å². The minimum absolute atomic E-state index is 0.152. The van der Waals surface area contributed by atoms with E-state index in [0.717, 1.165) is 0 Å². The van der Waals surface area contributed by atoms with E-state index in [4.69, 9.17) is 28.4 Å². The summed E-state index contributed by atoms with van der Waals surface area (Å²) in [5.41, 5.74) is -4.16. The number of aliphatic hydroxyl groups is 5. The standard InChI is InChI=1S/C38H72N2O12/c1-14-28-38(10,46)32(43)24(6)39-18-20(2)16-36(8,45)33(52-35-30(42)27(40(11)12)15-21(3)48-35)22(4)31(23(5)34(44)50-28)51-29-17-37(9,47-13)26(19-41)25(7)49-29/h20-33,35,39,41-43,45-46H,14-19H2,1-13H3/t20-,21-,22+,23-,24-,25+,26?,27?,28-,29+,30-,31+,32-,33-,35+,36-,37-,38-/m1/s1. The topological polar surface area (TPSA) is 189 Å². The predicted molar refractivity (Wildman–Crippen MR) is 194 cm³/mol. The smallest absolute Gasteiger partial charge is 0.311 e. The Labute approximate surface area is 311 Å². The van der Waals surface area contributed by atoms with Crippen molar-refractivity contribution in [2.45, 2.75) is 179 Å². The highest BCUT2D eigenvalue weighted by molar-refractivity contribution is 5.73. The molecule has 14 heteroatoms. The van der Waals surface area contributed by atoms with Gasteiger partial charge in [-0.15, -0.1) is 0 Å². The van der Waals surface area contributed by atoms with E-state index < -0.39 is 89.9 Å². The van der Waals surface area contributed by atoms with Crippen molar-refractivity contribution in [3.05, 3.63) is 0 Å². The molecule has 3 heterocycles. The highest BCUT2D eigenvalue weighted by atomic mass is 16.7. The van der Waals surface area contributed by atoms with Gasteiger partial charge in [0.1, 0.15) is 23.9 Å². The first-order chi connectivity index (χ1) is 24.0. The van der Waals surface area contributed by atoms with Gasteiger partial charge in [0.2, 0.25) is 0 Å². The van der Waals surface area contributed by atoms with Crippen molar-refractivity contribution in [2.75, 3.05) is 34.4 Å². The highest BCUT2D eigenvalue weighted by Gasteiger charge is 2.52. The summed E-state index contributed by atoms with van der Waals surface area (Å²) >= 11 is 0. The van der Waals surface area contributed by atoms with Gasteiger partial charge in [0.15, 0.2) is 12.6 Å². The molecule has 0 aromatic rings. The number of esters is 1. The van der Waals surface area contributed by atoms with Crippen LogP contribution in [0.5, 0.6) is 0 Å². The molecule has 3 fully saturated rings. The Morgan fingerprint density at radius 3 is 2.17 bits per heavy atom. The molecule has 0 amide bonds. The summed E-state index contributed by atoms with van der Waals surface area (Å²) < 4.78 is 37.9. The molecule has 0 bridgehead atoms. The van der Waals surface area contributed by atoms with Crippen LogP contribution in [0.1, 0.15) is 94.9 Å². The molecule has 0 aromatic heterocycles. The fraction of sp³-hybridized carbons (Fsp3) is 0.974. The number of nitrogens with one attached hydrogen (secondary N) is 1. The van der Waals surface area contributed by atoms with Crippen LogP contribution < -0.4 is 5.32 Å². The lowest BCUT2D eigenvalue weighted by atomic mass is 9.77. The number of carbonyl (C=O) groups excluding carboxylic acids is 1. The Morgan fingerprint density at radius 1 is 0.981 bits per heavy atom. The summed E-state index contributed by atoms with van der Waals surface area (Å²) in [5, 5.41) is 60.4. The van der Waals surface area contributed by atoms with E-state index >= 15 is 0 Å². The largest absolute Gasteiger partial charge is 0.459 e. The summed E-state index contributed by atoms with van der Waals surface area (Å²) in [7, 11) is 5.35. The van der Waals surface area contributed by atoms with E-state index in [2.05, 4.69) is 5.32 Å². The molecular weight excluding hydrogens is 676 g/mol. The molecule has 2 unspecified atom stereocenters. The van der Waals surface area contributed by atoms with Crippen LogP contribution in [0.3, 0.4) is 0 Å². The van der Waals surface area contributed by atoms with E-state index in [-0.39, 0.29) is 49.9 Å². The molecule has 18 atom stereocenters. The van der Waals surface area contributed by atoms with Crippen LogP contribution in [-0.4, -0.2) is 155 Å². The number of hydrogen-bond acceptors (Lipinski definition) is 14. The van der Waals surface area contributed by atoms with Crippen LogP contribution in [0.2, 0.25) is 0 Å². The molecule has 306 valence electrons. The average molecular weight is 749 g/mol. The van der Waals surface area contributed by atoms with Gasteiger partial charge in [-0.2, -0.15) is 0 Å². The molecule has 3 rings (SSSR count). The van der Waals surface area contributed by atoms with E-state index in [1.54, 1.807) is 34.8 Å². The van der Waals surface area contributed by atoms with Gasteiger partial charge < -0.3 is 64.2 Å². The Kier molecular flexibility index (Phi) is 16.0. The summed E-state index contributed by atoms with van der Waals surface area (Å²) in [6, 6.07) is -0.853. The summed E-state index contributed by atoms with van der Waals surface area (Å²) in [6.45, 7) is 18.0. The molecule has 6 N–H and O–H groups in total. The maximum absolute atomic E-state index is 14.2. The first-order valence-electron chi connectivity index (χ1n) is 19.2. The summed E-state index contributed by atoms with van der Waals surface area (Å²) in [5.74, 6) is -2.90. The third-order valence-corrected chi connectivity index (χ3v) is 12.2. The number of likely N-dealkylation sites (N-methyl/N-ethyl adjacent to an activating group) is 1. The second kappa shape index (κ2) is 18.3. The van der Waals surface area contributed by atoms with Crippen molar-refractivity contribution in [1.82, 2.24) is 10.2 Å². The fourth-order valence-electron chi connectivity index (χ4n) is 8.79. The van der Waals surface area contributed by atoms with Crippen molar-refractivity contribution in [1.29, 1.82) is 0 Å². The first-order valence-corrected chi connectivity index (χ1v) is 19.2. The quantitative estimate of drug-likeness (QED) is 0.197. The van der Waals surface area contributed by atoms with E-state index in [1.807, 2.05) is 53.6 Å². The molecule has 0 saturated carbocycles. The SMILES string of the molecule is CC[C@H]1OC(=O)[C@H](C)[C@@H](O[C@H]2C[C@@](C)(OC)C(CO)[C@H](C)O2)[C@H](C)[C@@H](O[C@@H]2O[C@H](C)CC(N(C)C)[C@H]2O)[C@](C)(O)C[C@@H](C)CN[C@H](C)[C@@H](O)[C@]1(C)O. The third kappa shape index (κ3) is 10.2. The number of nitrogens with zero attached hydrogens (tertiary/aromatic N) is 1. The predicted octanol–water partition coefficient (Wildman–Crippen LogP) is 1.81. The third-order valence-electron chi connectivity index (χ3n) is 12.2. The van der Waals surface area contributed by atoms with E-state index in [0.29, 0.717) is 13.0 Å². The van der Waals surface area contributed by atoms with Crippen LogP contribution in [-0.2, 0) is 33.2 Å². The van der Waals surface area contributed by atoms with Gasteiger partial charge in [-0.1, -0.05) is 20.8 Å². The minimum atomic E-state index is -1.80. The zero-order chi connectivity index (χ0) is 39.5. The van der Waals surface area contributed by atoms with Crippen LogP contribution >= 0.6 is 0 Å². The van der Waals surface area contributed by atoms with Gasteiger partial charge in [-0.05, 0) is 94.3 Å². The molecule has 0 radical (unpaired) electrons. The molecule has 0 aliphatic carbocycles. The normalized spacial score (nSPS) is 49.2. The molecule has 0 spiro atoms. The minimum Gasteiger partial charge on any atom is -0.459 e. The average Bonchev–Trinajstić information content (AvgIpc) is 3.06. The maximum Gasteiger partial charge on any atom is 0.311 e. The van der Waals surface area contributed by atoms with Gasteiger partial charge >= 0.3 is 5.97 Å². The van der Waals surface area contributed by atoms with Crippen LogP contribution in [0.4, 0.5) is 0 Å². The lowest BCUT2D eigenvalue weighted by molar-refractivity contribution is -0.315. The van der Waals surface area contributed by atoms with Gasteiger partial charge in [0, 0.05) is 37.5 Å². The lowest BCUT2D eigenvalue weighted by Crippen LogP contribution is -2.60. The van der Waals surface area contributed by atoms with Crippen molar-refractivity contribution < 1.29 is 58.7 Å². The maximum atomic E-state index is 14.2. The molecule has 0 aromatic carbocycles. The monoisotopic (exact) mass is 749 g/mol. The summed E-state index contributed by atoms with van der Waals surface area (Å²) in [6.07, 6.45) is -6.85. The molecule has 3 aliphatic heterocycles. The lowest BCUT2D eigenvalue weighted by Gasteiger charge is -2.49. The molecular formula is C38H72N2O12. The number of rotatable bonds is 8. The Bertz CT molecular complexity index is 1130. The Morgan fingerprint density at radius 2 is 1.62 bits per heavy atom. The number of hydrogen-bond donors (Lipinski definition) is 6. The molecule has 52 heavy (non-hydrogen) atoms. The van der Waals surface area contributed by atoms with Gasteiger partial charge in [0.05, 0.1) is 48.1 Å². The molecule has 3 saturated heterocycles. The highest BCUT2D eigenvalue weighted by Crippen LogP contribution is 2.41. The van der Waals surface area contributed by atoms with Crippen molar-refractivity contribution in [3.8, 4) is 0 Å². The van der Waals surface area contributed by atoms with Gasteiger partial charge in [0.25, 0.3) is 0 Å². The first kappa shape index (κ1) is 45.4. The second-order valence-electron chi connectivity index (χ2n) is 17.0. The van der Waals surface area contributed by atoms with Gasteiger partial charge in [-0.25, -0.2) is 0 Å². The number of methoxy groups -OCH3 is 1. The number of cyclic esters (lactones) is 1. The zero-order valence-electron chi connectivity index (χ0n) is 33.9. The van der Waals surface area contributed by atoms with Crippen molar-refractivity contribution >= 4 is 5.97 Å². The number of carbonyl (C=O) groups is 1. The zero-order valence-corrected chi connectivity index (χ0v) is 33.9. The second-order valence-corrected chi connectivity index (χ2v) is 17.0. The molecule has 3 aliphatic rings. The number of aliphatic hydroxyl groups excluding tert-OH is 3. The summed E-state index contributed by atoms with van der Waals surface area (Å²) in [4.78, 5) is 16.1. The van der Waals surface area contributed by atoms with Crippen LogP contribution in [0.15, 0.2) is 0 Å². The Hall–Kier alpha value is -1.01. The van der Waals surface area contributed by atoms with Crippen molar-refractivity contribution in [2.24, 2.45) is 23.7 Å². The number of ether oxygens (including phenoxy) is 6. The van der Waals surface area contributed by atoms with E-state index in [9.17, 15) is 30.3 Å². The van der Waals surface area contributed by atoms with E-state index in [1.165, 1.54) is 6.92 Å². The van der Waals surface area contributed by atoms with Crippen LogP contribution in [0, 0.1) is 23.7 Å².